The zero-order valence-corrected chi connectivity index (χ0v) is 12.8. The van der Waals surface area contributed by atoms with Crippen LogP contribution in [-0.4, -0.2) is 20.5 Å². The highest BCUT2D eigenvalue weighted by atomic mass is 32.2. The number of benzene rings is 2. The summed E-state index contributed by atoms with van der Waals surface area (Å²) < 4.78 is 32.0. The van der Waals surface area contributed by atoms with Gasteiger partial charge in [-0.15, -0.1) is 0 Å². The van der Waals surface area contributed by atoms with E-state index in [0.717, 1.165) is 6.07 Å². The summed E-state index contributed by atoms with van der Waals surface area (Å²) in [4.78, 5) is 10.2. The van der Waals surface area contributed by atoms with Crippen LogP contribution < -0.4 is 9.46 Å². The van der Waals surface area contributed by atoms with Crippen LogP contribution >= 0.6 is 0 Å². The van der Waals surface area contributed by atoms with E-state index in [9.17, 15) is 18.5 Å². The molecular weight excluding hydrogens is 308 g/mol. The van der Waals surface area contributed by atoms with Crippen molar-refractivity contribution in [3.05, 3.63) is 58.1 Å². The van der Waals surface area contributed by atoms with Gasteiger partial charge in [0.05, 0.1) is 22.6 Å². The third kappa shape index (κ3) is 3.34. The molecule has 0 aliphatic carbocycles. The van der Waals surface area contributed by atoms with Crippen molar-refractivity contribution >= 4 is 21.4 Å². The largest absolute Gasteiger partial charge is 0.496 e. The van der Waals surface area contributed by atoms with Crippen molar-refractivity contribution in [3.63, 3.8) is 0 Å². The van der Waals surface area contributed by atoms with E-state index in [4.69, 9.17) is 4.74 Å². The second-order valence-electron chi connectivity index (χ2n) is 4.54. The second kappa shape index (κ2) is 6.02. The Kier molecular flexibility index (Phi) is 4.32. The highest BCUT2D eigenvalue weighted by Crippen LogP contribution is 2.24. The molecule has 22 heavy (non-hydrogen) atoms. The van der Waals surface area contributed by atoms with Gasteiger partial charge in [0.1, 0.15) is 5.75 Å². The maximum absolute atomic E-state index is 12.3. The first kappa shape index (κ1) is 15.8. The molecule has 0 heterocycles. The van der Waals surface area contributed by atoms with Crippen molar-refractivity contribution in [1.29, 1.82) is 0 Å². The number of rotatable bonds is 5. The third-order valence-corrected chi connectivity index (χ3v) is 4.36. The topological polar surface area (TPSA) is 98.5 Å². The van der Waals surface area contributed by atoms with Crippen molar-refractivity contribution in [3.8, 4) is 5.75 Å². The Bertz CT molecular complexity index is 818. The van der Waals surface area contributed by atoms with E-state index < -0.39 is 14.9 Å². The summed E-state index contributed by atoms with van der Waals surface area (Å²) in [6.45, 7) is 1.73. The van der Waals surface area contributed by atoms with Gasteiger partial charge < -0.3 is 4.74 Å². The van der Waals surface area contributed by atoms with Crippen LogP contribution in [0.1, 0.15) is 5.56 Å². The predicted octanol–water partition coefficient (Wildman–Crippen LogP) is 2.71. The van der Waals surface area contributed by atoms with Gasteiger partial charge in [-0.25, -0.2) is 8.42 Å². The van der Waals surface area contributed by atoms with E-state index in [-0.39, 0.29) is 16.3 Å². The lowest BCUT2D eigenvalue weighted by atomic mass is 10.2. The number of methoxy groups -OCH3 is 1. The van der Waals surface area contributed by atoms with Gasteiger partial charge in [0.15, 0.2) is 0 Å². The summed E-state index contributed by atoms with van der Waals surface area (Å²) in [5.41, 5.74) is 0.609. The van der Waals surface area contributed by atoms with Crippen LogP contribution in [0.4, 0.5) is 11.4 Å². The summed E-state index contributed by atoms with van der Waals surface area (Å²) in [6.07, 6.45) is 0. The summed E-state index contributed by atoms with van der Waals surface area (Å²) >= 11 is 0. The number of hydrogen-bond acceptors (Lipinski definition) is 5. The molecule has 0 aromatic heterocycles. The average Bonchev–Trinajstić information content (AvgIpc) is 2.47. The SMILES string of the molecule is COc1ccc(S(=O)(=O)Nc2cccc([N+](=O)[O-])c2)cc1C. The van der Waals surface area contributed by atoms with Crippen LogP contribution in [0.5, 0.6) is 5.75 Å². The maximum atomic E-state index is 12.3. The standard InChI is InChI=1S/C14H14N2O5S/c1-10-8-13(6-7-14(10)21-2)22(19,20)15-11-4-3-5-12(9-11)16(17)18/h3-9,15H,1-2H3. The Morgan fingerprint density at radius 1 is 1.18 bits per heavy atom. The Labute approximate surface area is 127 Å². The lowest BCUT2D eigenvalue weighted by Gasteiger charge is -2.10. The Balaban J connectivity index is 2.33. The monoisotopic (exact) mass is 322 g/mol. The van der Waals surface area contributed by atoms with Crippen molar-refractivity contribution in [2.75, 3.05) is 11.8 Å². The minimum absolute atomic E-state index is 0.0531. The molecular formula is C14H14N2O5S. The third-order valence-electron chi connectivity index (χ3n) is 2.99. The molecule has 7 nitrogen and oxygen atoms in total. The first-order chi connectivity index (χ1) is 10.3. The summed E-state index contributed by atoms with van der Waals surface area (Å²) in [7, 11) is -2.33. The molecule has 8 heteroatoms. The second-order valence-corrected chi connectivity index (χ2v) is 6.23. The highest BCUT2D eigenvalue weighted by Gasteiger charge is 2.17. The number of ether oxygens (including phenoxy) is 1. The lowest BCUT2D eigenvalue weighted by molar-refractivity contribution is -0.384. The lowest BCUT2D eigenvalue weighted by Crippen LogP contribution is -2.13. The summed E-state index contributed by atoms with van der Waals surface area (Å²) in [5, 5.41) is 10.7. The normalized spacial score (nSPS) is 11.0. The van der Waals surface area contributed by atoms with Crippen LogP contribution in [0.3, 0.4) is 0 Å². The number of nitrogens with zero attached hydrogens (tertiary/aromatic N) is 1. The fraction of sp³-hybridized carbons (Fsp3) is 0.143. The summed E-state index contributed by atoms with van der Waals surface area (Å²) in [5.74, 6) is 0.578. The van der Waals surface area contributed by atoms with Gasteiger partial charge in [-0.05, 0) is 36.8 Å². The number of aryl methyl sites for hydroxylation is 1. The predicted molar refractivity (Wildman–Crippen MR) is 81.6 cm³/mol. The van der Waals surface area contributed by atoms with Crippen LogP contribution in [0, 0.1) is 17.0 Å². The number of nitrogens with one attached hydrogen (secondary N) is 1. The molecule has 0 aliphatic heterocycles. The van der Waals surface area contributed by atoms with E-state index in [0.29, 0.717) is 11.3 Å². The average molecular weight is 322 g/mol. The molecule has 116 valence electrons. The number of nitro benzene ring substituents is 1. The van der Waals surface area contributed by atoms with Gasteiger partial charge in [0.25, 0.3) is 15.7 Å². The molecule has 0 fully saturated rings. The molecule has 1 N–H and O–H groups in total. The van der Waals surface area contributed by atoms with Gasteiger partial charge >= 0.3 is 0 Å². The van der Waals surface area contributed by atoms with E-state index in [1.165, 1.54) is 37.4 Å². The van der Waals surface area contributed by atoms with Crippen LogP contribution in [-0.2, 0) is 10.0 Å². The molecule has 0 spiro atoms. The maximum Gasteiger partial charge on any atom is 0.271 e. The van der Waals surface area contributed by atoms with E-state index in [2.05, 4.69) is 4.72 Å². The van der Waals surface area contributed by atoms with Gasteiger partial charge in [0.2, 0.25) is 0 Å². The molecule has 2 aromatic carbocycles. The molecule has 0 unspecified atom stereocenters. The zero-order valence-electron chi connectivity index (χ0n) is 11.9. The molecule has 0 saturated heterocycles. The van der Waals surface area contributed by atoms with Gasteiger partial charge in [-0.1, -0.05) is 6.07 Å². The zero-order chi connectivity index (χ0) is 16.3. The Morgan fingerprint density at radius 2 is 1.91 bits per heavy atom. The van der Waals surface area contributed by atoms with Crippen LogP contribution in [0.2, 0.25) is 0 Å². The quantitative estimate of drug-likeness (QED) is 0.674. The number of nitro groups is 1. The fourth-order valence-electron chi connectivity index (χ4n) is 1.92. The van der Waals surface area contributed by atoms with Crippen molar-refractivity contribution < 1.29 is 18.1 Å². The highest BCUT2D eigenvalue weighted by molar-refractivity contribution is 7.92. The minimum atomic E-state index is -3.83. The number of sulfonamides is 1. The van der Waals surface area contributed by atoms with Crippen LogP contribution in [0.15, 0.2) is 47.4 Å². The Morgan fingerprint density at radius 3 is 2.50 bits per heavy atom. The van der Waals surface area contributed by atoms with Crippen molar-refractivity contribution in [2.24, 2.45) is 0 Å². The van der Waals surface area contributed by atoms with Gasteiger partial charge in [-0.2, -0.15) is 0 Å². The van der Waals surface area contributed by atoms with Crippen molar-refractivity contribution in [1.82, 2.24) is 0 Å². The first-order valence-corrected chi connectivity index (χ1v) is 7.74. The fourth-order valence-corrected chi connectivity index (χ4v) is 3.05. The molecule has 2 rings (SSSR count). The van der Waals surface area contributed by atoms with E-state index in [1.54, 1.807) is 13.0 Å². The summed E-state index contributed by atoms with van der Waals surface area (Å²) in [6, 6.07) is 9.74. The molecule has 0 amide bonds. The molecule has 0 radical (unpaired) electrons. The Hall–Kier alpha value is -2.61. The van der Waals surface area contributed by atoms with Gasteiger partial charge in [0, 0.05) is 12.1 Å². The number of non-ortho nitro benzene ring substituents is 1. The molecule has 0 atom stereocenters. The first-order valence-electron chi connectivity index (χ1n) is 6.25. The minimum Gasteiger partial charge on any atom is -0.496 e. The smallest absolute Gasteiger partial charge is 0.271 e. The molecule has 0 saturated carbocycles. The van der Waals surface area contributed by atoms with E-state index >= 15 is 0 Å². The molecule has 0 bridgehead atoms. The number of anilines is 1. The number of hydrogen-bond donors (Lipinski definition) is 1. The van der Waals surface area contributed by atoms with E-state index in [1.807, 2.05) is 0 Å². The van der Waals surface area contributed by atoms with Crippen molar-refractivity contribution in [2.45, 2.75) is 11.8 Å². The van der Waals surface area contributed by atoms with Crippen LogP contribution in [0.25, 0.3) is 0 Å². The molecule has 0 aliphatic rings. The van der Waals surface area contributed by atoms with Gasteiger partial charge in [-0.3, -0.25) is 14.8 Å². The molecule has 2 aromatic rings.